The Morgan fingerprint density at radius 2 is 1.83 bits per heavy atom. The average Bonchev–Trinajstić information content (AvgIpc) is 3.33. The van der Waals surface area contributed by atoms with Gasteiger partial charge in [-0.1, -0.05) is 44.4 Å². The lowest BCUT2D eigenvalue weighted by Crippen LogP contribution is -2.57. The molecule has 2 fully saturated rings. The number of cyclic esters (lactones) is 1. The zero-order valence-corrected chi connectivity index (χ0v) is 27.2. The van der Waals surface area contributed by atoms with Crippen LogP contribution in [0.3, 0.4) is 0 Å². The minimum absolute atomic E-state index is 0.0401. The molecule has 0 aromatic heterocycles. The van der Waals surface area contributed by atoms with E-state index in [0.29, 0.717) is 25.9 Å². The SMILES string of the molecule is CC[C@@H]1C[C@]1(NC(=O)[C@@H]1C[C@@H]2CN1C(=O)CNC(=O)OCCCCCCc1cccc3c1CN(C3)C(=O)O2)C(=O)NS(=O)(=O)CC. The first-order valence-corrected chi connectivity index (χ1v) is 17.7. The molecule has 5 rings (SSSR count). The Labute approximate surface area is 268 Å². The Hall–Kier alpha value is -3.88. The molecule has 1 aromatic rings. The Morgan fingerprint density at radius 1 is 1.07 bits per heavy atom. The van der Waals surface area contributed by atoms with E-state index in [4.69, 9.17) is 9.47 Å². The normalized spacial score (nSPS) is 27.3. The average molecular weight is 662 g/mol. The summed E-state index contributed by atoms with van der Waals surface area (Å²) in [5, 5.41) is 5.16. The molecule has 0 radical (unpaired) electrons. The maximum absolute atomic E-state index is 13.7. The van der Waals surface area contributed by atoms with Crippen LogP contribution in [0.4, 0.5) is 9.59 Å². The van der Waals surface area contributed by atoms with Crippen LogP contribution in [-0.2, 0) is 53.4 Å². The van der Waals surface area contributed by atoms with Gasteiger partial charge in [-0.2, -0.15) is 0 Å². The fraction of sp³-hybridized carbons (Fsp3) is 0.645. The number of alkyl carbamates (subject to hydrolysis) is 1. The Bertz CT molecular complexity index is 1480. The third-order valence-corrected chi connectivity index (χ3v) is 10.7. The van der Waals surface area contributed by atoms with Crippen LogP contribution in [0.1, 0.15) is 75.5 Å². The molecule has 4 atom stereocenters. The number of carbonyl (C=O) groups is 5. The molecule has 3 N–H and O–H groups in total. The molecule has 3 heterocycles. The van der Waals surface area contributed by atoms with Gasteiger partial charge in [0, 0.05) is 19.5 Å². The molecule has 4 bridgehead atoms. The van der Waals surface area contributed by atoms with Gasteiger partial charge in [0.15, 0.2) is 0 Å². The number of carbonyl (C=O) groups excluding carboxylic acids is 5. The molecule has 1 saturated carbocycles. The van der Waals surface area contributed by atoms with Gasteiger partial charge in [-0.05, 0) is 55.2 Å². The number of sulfonamides is 1. The maximum atomic E-state index is 13.7. The van der Waals surface area contributed by atoms with E-state index in [-0.39, 0.29) is 37.7 Å². The maximum Gasteiger partial charge on any atom is 0.410 e. The highest BCUT2D eigenvalue weighted by Gasteiger charge is 2.61. The third kappa shape index (κ3) is 7.39. The van der Waals surface area contributed by atoms with Crippen molar-refractivity contribution in [2.45, 2.75) is 96.0 Å². The van der Waals surface area contributed by atoms with Crippen LogP contribution in [0.15, 0.2) is 18.2 Å². The van der Waals surface area contributed by atoms with Gasteiger partial charge < -0.3 is 25.0 Å². The molecule has 0 spiro atoms. The standard InChI is InChI=1S/C31H43N5O9S/c1-3-22-15-31(22,28(39)34-46(42,43)4-2)33-27(38)25-14-23-18-36(25)26(37)16-32-29(40)44-13-8-6-5-7-10-20-11-9-12-21-17-35(19-24(20)21)30(41)45-23/h9,11-12,22-23,25H,3-8,10,13-19H2,1-2H3,(H,32,40)(H,33,38)(H,34,39)/t22-,23-,25+,31-/m1/s1. The van der Waals surface area contributed by atoms with Crippen molar-refractivity contribution in [1.82, 2.24) is 25.2 Å². The Morgan fingerprint density at radius 3 is 2.57 bits per heavy atom. The molecule has 14 nitrogen and oxygen atoms in total. The van der Waals surface area contributed by atoms with Gasteiger partial charge in [0.05, 0.1) is 18.9 Å². The highest BCUT2D eigenvalue weighted by atomic mass is 32.2. The lowest BCUT2D eigenvalue weighted by Gasteiger charge is -2.26. The molecule has 252 valence electrons. The van der Waals surface area contributed by atoms with Crippen LogP contribution in [0.2, 0.25) is 0 Å². The summed E-state index contributed by atoms with van der Waals surface area (Å²) in [7, 11) is -3.88. The minimum Gasteiger partial charge on any atom is -0.450 e. The van der Waals surface area contributed by atoms with Gasteiger partial charge in [-0.25, -0.2) is 18.0 Å². The van der Waals surface area contributed by atoms with Gasteiger partial charge in [-0.15, -0.1) is 0 Å². The second-order valence-electron chi connectivity index (χ2n) is 12.5. The molecule has 3 aliphatic heterocycles. The van der Waals surface area contributed by atoms with Crippen LogP contribution in [0, 0.1) is 5.92 Å². The van der Waals surface area contributed by atoms with Crippen molar-refractivity contribution in [3.63, 3.8) is 0 Å². The number of hydrogen-bond acceptors (Lipinski definition) is 9. The summed E-state index contributed by atoms with van der Waals surface area (Å²) in [5.74, 6) is -2.70. The first-order chi connectivity index (χ1) is 22.0. The summed E-state index contributed by atoms with van der Waals surface area (Å²) in [6.45, 7) is 3.67. The molecular weight excluding hydrogens is 618 g/mol. The Kier molecular flexibility index (Phi) is 10.1. The fourth-order valence-corrected chi connectivity index (χ4v) is 7.24. The van der Waals surface area contributed by atoms with Crippen molar-refractivity contribution in [1.29, 1.82) is 0 Å². The van der Waals surface area contributed by atoms with Crippen LogP contribution in [0.5, 0.6) is 0 Å². The summed E-state index contributed by atoms with van der Waals surface area (Å²) in [5.41, 5.74) is 1.91. The molecule has 1 saturated heterocycles. The van der Waals surface area contributed by atoms with Crippen molar-refractivity contribution in [2.24, 2.45) is 5.92 Å². The number of nitrogens with one attached hydrogen (secondary N) is 3. The molecule has 15 heteroatoms. The van der Waals surface area contributed by atoms with Gasteiger partial charge >= 0.3 is 12.2 Å². The van der Waals surface area contributed by atoms with Crippen LogP contribution < -0.4 is 15.4 Å². The van der Waals surface area contributed by atoms with Gasteiger partial charge in [0.2, 0.25) is 21.8 Å². The van der Waals surface area contributed by atoms with E-state index in [0.717, 1.165) is 36.8 Å². The van der Waals surface area contributed by atoms with Gasteiger partial charge in [0.25, 0.3) is 5.91 Å². The Balaban J connectivity index is 1.34. The summed E-state index contributed by atoms with van der Waals surface area (Å²) >= 11 is 0. The summed E-state index contributed by atoms with van der Waals surface area (Å²) in [6.07, 6.45) is 2.88. The molecular formula is C31H43N5O9S. The van der Waals surface area contributed by atoms with E-state index in [1.165, 1.54) is 17.4 Å². The number of nitrogens with zero attached hydrogens (tertiary/aromatic N) is 2. The van der Waals surface area contributed by atoms with Crippen LogP contribution >= 0.6 is 0 Å². The second-order valence-corrected chi connectivity index (χ2v) is 14.5. The minimum atomic E-state index is -3.88. The number of fused-ring (bicyclic) bond motifs is 3. The van der Waals surface area contributed by atoms with Crippen molar-refractivity contribution < 1.29 is 41.9 Å². The molecule has 4 aliphatic rings. The number of amides is 5. The number of aryl methyl sites for hydroxylation is 1. The topological polar surface area (TPSA) is 181 Å². The van der Waals surface area contributed by atoms with Crippen molar-refractivity contribution in [3.8, 4) is 0 Å². The van der Waals surface area contributed by atoms with E-state index < -0.39 is 64.2 Å². The number of ether oxygens (including phenoxy) is 2. The number of hydrogen-bond donors (Lipinski definition) is 3. The zero-order chi connectivity index (χ0) is 33.1. The highest BCUT2D eigenvalue weighted by Crippen LogP contribution is 2.46. The van der Waals surface area contributed by atoms with E-state index in [9.17, 15) is 32.4 Å². The second kappa shape index (κ2) is 13.9. The number of benzene rings is 1. The van der Waals surface area contributed by atoms with E-state index in [2.05, 4.69) is 16.7 Å². The molecule has 1 aromatic carbocycles. The van der Waals surface area contributed by atoms with E-state index in [1.807, 2.05) is 23.8 Å². The third-order valence-electron chi connectivity index (χ3n) is 9.43. The smallest absolute Gasteiger partial charge is 0.410 e. The van der Waals surface area contributed by atoms with Crippen LogP contribution in [-0.4, -0.2) is 91.3 Å². The fourth-order valence-electron chi connectivity index (χ4n) is 6.63. The molecule has 5 amide bonds. The summed E-state index contributed by atoms with van der Waals surface area (Å²) in [4.78, 5) is 68.6. The molecule has 0 unspecified atom stereocenters. The zero-order valence-electron chi connectivity index (χ0n) is 26.3. The lowest BCUT2D eigenvalue weighted by atomic mass is 9.98. The monoisotopic (exact) mass is 661 g/mol. The summed E-state index contributed by atoms with van der Waals surface area (Å²) < 4.78 is 37.4. The predicted octanol–water partition coefficient (Wildman–Crippen LogP) is 1.70. The lowest BCUT2D eigenvalue weighted by molar-refractivity contribution is -0.139. The van der Waals surface area contributed by atoms with Crippen molar-refractivity contribution >= 4 is 39.9 Å². The highest BCUT2D eigenvalue weighted by molar-refractivity contribution is 7.90. The van der Waals surface area contributed by atoms with Gasteiger partial charge in [-0.3, -0.25) is 24.0 Å². The largest absolute Gasteiger partial charge is 0.450 e. The quantitative estimate of drug-likeness (QED) is 0.409. The van der Waals surface area contributed by atoms with Crippen LogP contribution in [0.25, 0.3) is 0 Å². The van der Waals surface area contributed by atoms with Gasteiger partial charge in [0.1, 0.15) is 24.2 Å². The molecule has 1 aliphatic carbocycles. The van der Waals surface area contributed by atoms with E-state index >= 15 is 0 Å². The number of rotatable bonds is 6. The van der Waals surface area contributed by atoms with Crippen molar-refractivity contribution in [3.05, 3.63) is 34.9 Å². The van der Waals surface area contributed by atoms with Crippen molar-refractivity contribution in [2.75, 3.05) is 25.4 Å². The molecule has 46 heavy (non-hydrogen) atoms. The predicted molar refractivity (Wildman–Crippen MR) is 164 cm³/mol. The first-order valence-electron chi connectivity index (χ1n) is 16.1. The summed E-state index contributed by atoms with van der Waals surface area (Å²) in [6, 6.07) is 4.93. The first kappa shape index (κ1) is 33.5. The van der Waals surface area contributed by atoms with E-state index in [1.54, 1.807) is 4.90 Å².